The quantitative estimate of drug-likeness (QED) is 0.735. The smallest absolute Gasteiger partial charge is 0.330 e. The summed E-state index contributed by atoms with van der Waals surface area (Å²) < 4.78 is 6.78. The molecule has 3 N–H and O–H groups in total. The number of aromatic nitrogens is 2. The number of rotatable bonds is 8. The molecule has 2 aromatic rings. The van der Waals surface area contributed by atoms with Gasteiger partial charge in [0.25, 0.3) is 11.5 Å². The van der Waals surface area contributed by atoms with Crippen LogP contribution in [0.3, 0.4) is 0 Å². The summed E-state index contributed by atoms with van der Waals surface area (Å²) in [6.07, 6.45) is 3.12. The van der Waals surface area contributed by atoms with Gasteiger partial charge in [-0.1, -0.05) is 26.7 Å². The molecule has 0 aliphatic rings. The fraction of sp³-hybridized carbons (Fsp3) is 0.526. The monoisotopic (exact) mass is 376 g/mol. The Kier molecular flexibility index (Phi) is 6.65. The molecule has 0 aliphatic carbocycles. The van der Waals surface area contributed by atoms with E-state index < -0.39 is 11.2 Å². The van der Waals surface area contributed by atoms with Crippen LogP contribution in [0.5, 0.6) is 0 Å². The molecule has 0 bridgehead atoms. The largest absolute Gasteiger partial charge is 0.466 e. The Labute approximate surface area is 158 Å². The highest BCUT2D eigenvalue weighted by molar-refractivity contribution is 6.07. The standard InChI is InChI=1S/C19H28N4O4/c1-5-7-9-22(18(25)14-11-12(3)27-13(14)4)15-16(20)23(10-8-6-2)19(26)21-17(15)24/h11H,5-10,20H2,1-4H3,(H,21,24,26). The maximum absolute atomic E-state index is 13.2. The summed E-state index contributed by atoms with van der Waals surface area (Å²) in [4.78, 5) is 41.5. The topological polar surface area (TPSA) is 114 Å². The van der Waals surface area contributed by atoms with E-state index in [-0.39, 0.29) is 17.4 Å². The molecule has 2 rings (SSSR count). The molecular weight excluding hydrogens is 348 g/mol. The molecule has 0 unspecified atom stereocenters. The number of nitrogens with one attached hydrogen (secondary N) is 1. The fourth-order valence-corrected chi connectivity index (χ4v) is 3.00. The van der Waals surface area contributed by atoms with E-state index in [2.05, 4.69) is 4.98 Å². The number of nitrogens with two attached hydrogens (primary N) is 1. The van der Waals surface area contributed by atoms with Crippen LogP contribution in [0.4, 0.5) is 11.5 Å². The molecule has 0 radical (unpaired) electrons. The third kappa shape index (κ3) is 4.32. The normalized spacial score (nSPS) is 11.0. The summed E-state index contributed by atoms with van der Waals surface area (Å²) in [5, 5.41) is 0. The van der Waals surface area contributed by atoms with Crippen LogP contribution in [0, 0.1) is 13.8 Å². The van der Waals surface area contributed by atoms with Crippen molar-refractivity contribution in [1.82, 2.24) is 9.55 Å². The van der Waals surface area contributed by atoms with Crippen LogP contribution >= 0.6 is 0 Å². The third-order valence-electron chi connectivity index (χ3n) is 4.47. The highest BCUT2D eigenvalue weighted by atomic mass is 16.3. The van der Waals surface area contributed by atoms with Crippen molar-refractivity contribution in [3.05, 3.63) is 44.0 Å². The first-order chi connectivity index (χ1) is 12.8. The van der Waals surface area contributed by atoms with Crippen molar-refractivity contribution in [2.24, 2.45) is 0 Å². The summed E-state index contributed by atoms with van der Waals surface area (Å²) >= 11 is 0. The highest BCUT2D eigenvalue weighted by Crippen LogP contribution is 2.23. The van der Waals surface area contributed by atoms with Crippen LogP contribution in [-0.4, -0.2) is 22.0 Å². The van der Waals surface area contributed by atoms with E-state index in [1.54, 1.807) is 19.9 Å². The predicted octanol–water partition coefficient (Wildman–Crippen LogP) is 2.58. The van der Waals surface area contributed by atoms with E-state index in [0.717, 1.165) is 19.3 Å². The minimum Gasteiger partial charge on any atom is -0.466 e. The SMILES string of the molecule is CCCCN(C(=O)c1cc(C)oc1C)c1c(N)n(CCCC)c(=O)[nH]c1=O. The molecule has 0 aliphatic heterocycles. The van der Waals surface area contributed by atoms with Gasteiger partial charge >= 0.3 is 5.69 Å². The van der Waals surface area contributed by atoms with Crippen molar-refractivity contribution >= 4 is 17.4 Å². The lowest BCUT2D eigenvalue weighted by Gasteiger charge is -2.24. The molecule has 2 heterocycles. The van der Waals surface area contributed by atoms with E-state index in [9.17, 15) is 14.4 Å². The number of hydrogen-bond acceptors (Lipinski definition) is 5. The maximum Gasteiger partial charge on any atom is 0.330 e. The fourth-order valence-electron chi connectivity index (χ4n) is 3.00. The number of anilines is 2. The number of carbonyl (C=O) groups is 1. The summed E-state index contributed by atoms with van der Waals surface area (Å²) in [7, 11) is 0. The van der Waals surface area contributed by atoms with Crippen molar-refractivity contribution in [2.45, 2.75) is 59.9 Å². The molecule has 0 fully saturated rings. The number of nitrogens with zero attached hydrogens (tertiary/aromatic N) is 2. The zero-order valence-corrected chi connectivity index (χ0v) is 16.4. The summed E-state index contributed by atoms with van der Waals surface area (Å²) in [6.45, 7) is 8.14. The highest BCUT2D eigenvalue weighted by Gasteiger charge is 2.27. The number of unbranched alkanes of at least 4 members (excludes halogenated alkanes) is 2. The van der Waals surface area contributed by atoms with Gasteiger partial charge in [-0.05, 0) is 32.8 Å². The number of carbonyl (C=O) groups excluding carboxylic acids is 1. The zero-order chi connectivity index (χ0) is 20.1. The van der Waals surface area contributed by atoms with Crippen molar-refractivity contribution in [3.63, 3.8) is 0 Å². The number of aryl methyl sites for hydroxylation is 2. The Morgan fingerprint density at radius 3 is 2.44 bits per heavy atom. The Hall–Kier alpha value is -2.77. The molecular formula is C19H28N4O4. The van der Waals surface area contributed by atoms with Crippen LogP contribution in [0.1, 0.15) is 61.4 Å². The lowest BCUT2D eigenvalue weighted by Crippen LogP contribution is -2.41. The predicted molar refractivity (Wildman–Crippen MR) is 105 cm³/mol. The molecule has 8 heteroatoms. The Balaban J connectivity index is 2.59. The Morgan fingerprint density at radius 2 is 1.89 bits per heavy atom. The van der Waals surface area contributed by atoms with E-state index in [1.165, 1.54) is 9.47 Å². The maximum atomic E-state index is 13.2. The van der Waals surface area contributed by atoms with Gasteiger partial charge in [-0.3, -0.25) is 19.1 Å². The number of nitrogen functional groups attached to an aromatic ring is 1. The minimum absolute atomic E-state index is 0.0134. The summed E-state index contributed by atoms with van der Waals surface area (Å²) in [6, 6.07) is 1.65. The van der Waals surface area contributed by atoms with E-state index in [0.29, 0.717) is 36.6 Å². The van der Waals surface area contributed by atoms with Gasteiger partial charge in [0.1, 0.15) is 17.3 Å². The molecule has 1 amide bonds. The van der Waals surface area contributed by atoms with E-state index in [1.807, 2.05) is 13.8 Å². The average Bonchev–Trinajstić information content (AvgIpc) is 2.95. The molecule has 0 aromatic carbocycles. The first-order valence-electron chi connectivity index (χ1n) is 9.33. The van der Waals surface area contributed by atoms with Crippen LogP contribution in [0.25, 0.3) is 0 Å². The van der Waals surface area contributed by atoms with Gasteiger partial charge in [0.15, 0.2) is 5.69 Å². The molecule has 0 atom stereocenters. The molecule has 0 spiro atoms. The molecule has 27 heavy (non-hydrogen) atoms. The first kappa shape index (κ1) is 20.5. The van der Waals surface area contributed by atoms with Crippen molar-refractivity contribution in [1.29, 1.82) is 0 Å². The number of aromatic amines is 1. The second kappa shape index (κ2) is 8.75. The van der Waals surface area contributed by atoms with Crippen molar-refractivity contribution in [2.75, 3.05) is 17.2 Å². The van der Waals surface area contributed by atoms with Crippen molar-refractivity contribution < 1.29 is 9.21 Å². The van der Waals surface area contributed by atoms with Crippen molar-refractivity contribution in [3.8, 4) is 0 Å². The summed E-state index contributed by atoms with van der Waals surface area (Å²) in [5.74, 6) is 0.740. The number of hydrogen-bond donors (Lipinski definition) is 2. The van der Waals surface area contributed by atoms with Gasteiger partial charge < -0.3 is 15.1 Å². The minimum atomic E-state index is -0.660. The molecule has 148 valence electrons. The van der Waals surface area contributed by atoms with Crippen LogP contribution in [0.2, 0.25) is 0 Å². The van der Waals surface area contributed by atoms with Crippen LogP contribution in [-0.2, 0) is 6.54 Å². The van der Waals surface area contributed by atoms with Gasteiger partial charge in [-0.2, -0.15) is 0 Å². The van der Waals surface area contributed by atoms with Gasteiger partial charge in [-0.15, -0.1) is 0 Å². The van der Waals surface area contributed by atoms with Gasteiger partial charge in [0.2, 0.25) is 0 Å². The number of H-pyrrole nitrogens is 1. The zero-order valence-electron chi connectivity index (χ0n) is 16.4. The van der Waals surface area contributed by atoms with Gasteiger partial charge in [-0.25, -0.2) is 4.79 Å². The average molecular weight is 376 g/mol. The Morgan fingerprint density at radius 1 is 1.22 bits per heavy atom. The second-order valence-corrected chi connectivity index (χ2v) is 6.64. The molecule has 8 nitrogen and oxygen atoms in total. The molecule has 0 saturated carbocycles. The van der Waals surface area contributed by atoms with Crippen LogP contribution in [0.15, 0.2) is 20.1 Å². The first-order valence-corrected chi connectivity index (χ1v) is 9.33. The molecule has 2 aromatic heterocycles. The summed E-state index contributed by atoms with van der Waals surface area (Å²) in [5.41, 5.74) is 5.36. The van der Waals surface area contributed by atoms with Crippen LogP contribution < -0.4 is 21.9 Å². The number of furan rings is 1. The van der Waals surface area contributed by atoms with Gasteiger partial charge in [0.05, 0.1) is 5.56 Å². The lowest BCUT2D eigenvalue weighted by molar-refractivity contribution is 0.0984. The Bertz CT molecular complexity index is 923. The third-order valence-corrected chi connectivity index (χ3v) is 4.47. The lowest BCUT2D eigenvalue weighted by atomic mass is 10.2. The number of amides is 1. The van der Waals surface area contributed by atoms with E-state index >= 15 is 0 Å². The second-order valence-electron chi connectivity index (χ2n) is 6.64. The van der Waals surface area contributed by atoms with Gasteiger partial charge in [0, 0.05) is 13.1 Å². The molecule has 0 saturated heterocycles. The van der Waals surface area contributed by atoms with E-state index in [4.69, 9.17) is 10.2 Å².